The number of ether oxygens (including phenoxy) is 1. The fourth-order valence-corrected chi connectivity index (χ4v) is 3.32. The van der Waals surface area contributed by atoms with E-state index in [2.05, 4.69) is 11.4 Å². The summed E-state index contributed by atoms with van der Waals surface area (Å²) in [6.07, 6.45) is 0. The lowest BCUT2D eigenvalue weighted by molar-refractivity contribution is 0.0476. The highest BCUT2D eigenvalue weighted by molar-refractivity contribution is 7.17. The molecule has 0 fully saturated rings. The molecule has 0 unspecified atom stereocenters. The summed E-state index contributed by atoms with van der Waals surface area (Å²) < 4.78 is 6.65. The van der Waals surface area contributed by atoms with E-state index in [0.29, 0.717) is 17.8 Å². The van der Waals surface area contributed by atoms with Gasteiger partial charge in [-0.1, -0.05) is 30.3 Å². The number of hydrogen-bond acceptors (Lipinski definition) is 5. The monoisotopic (exact) mass is 327 g/mol. The van der Waals surface area contributed by atoms with E-state index in [0.717, 1.165) is 10.9 Å². The first-order chi connectivity index (χ1) is 11.3. The van der Waals surface area contributed by atoms with Crippen LogP contribution >= 0.6 is 11.3 Å². The topological polar surface area (TPSA) is 58.6 Å². The van der Waals surface area contributed by atoms with Crippen LogP contribution in [0.5, 0.6) is 0 Å². The molecule has 4 nitrogen and oxygen atoms in total. The van der Waals surface area contributed by atoms with Gasteiger partial charge in [-0.25, -0.2) is 4.79 Å². The van der Waals surface area contributed by atoms with Crippen LogP contribution in [0.1, 0.15) is 15.9 Å². The molecule has 0 atom stereocenters. The average molecular weight is 327 g/mol. The molecular formula is C18H17NO3S. The third kappa shape index (κ3) is 3.52. The van der Waals surface area contributed by atoms with Crippen molar-refractivity contribution in [1.82, 2.24) is 0 Å². The molecule has 0 saturated carbocycles. The molecule has 0 amide bonds. The van der Waals surface area contributed by atoms with Gasteiger partial charge in [-0.3, -0.25) is 0 Å². The highest BCUT2D eigenvalue weighted by atomic mass is 32.1. The van der Waals surface area contributed by atoms with Crippen LogP contribution in [0.2, 0.25) is 0 Å². The second-order valence-electron chi connectivity index (χ2n) is 5.03. The van der Waals surface area contributed by atoms with E-state index in [1.807, 2.05) is 29.6 Å². The Bertz CT molecular complexity index is 813. The zero-order valence-electron chi connectivity index (χ0n) is 12.5. The van der Waals surface area contributed by atoms with Crippen molar-refractivity contribution in [2.45, 2.75) is 6.61 Å². The summed E-state index contributed by atoms with van der Waals surface area (Å²) >= 11 is 1.64. The van der Waals surface area contributed by atoms with Gasteiger partial charge in [0.2, 0.25) is 0 Å². The molecule has 0 aliphatic rings. The van der Waals surface area contributed by atoms with Crippen molar-refractivity contribution in [3.8, 4) is 0 Å². The number of rotatable bonds is 6. The van der Waals surface area contributed by atoms with Crippen molar-refractivity contribution in [1.29, 1.82) is 0 Å². The highest BCUT2D eigenvalue weighted by Crippen LogP contribution is 2.26. The third-order valence-corrected chi connectivity index (χ3v) is 4.51. The van der Waals surface area contributed by atoms with Gasteiger partial charge in [0, 0.05) is 22.5 Å². The minimum atomic E-state index is -0.374. The summed E-state index contributed by atoms with van der Waals surface area (Å²) in [5.74, 6) is -0.374. The molecule has 0 saturated heterocycles. The van der Waals surface area contributed by atoms with Crippen LogP contribution in [0, 0.1) is 0 Å². The van der Waals surface area contributed by atoms with E-state index in [9.17, 15) is 4.79 Å². The van der Waals surface area contributed by atoms with Gasteiger partial charge < -0.3 is 15.2 Å². The largest absolute Gasteiger partial charge is 0.457 e. The Hall–Kier alpha value is -2.37. The first-order valence-corrected chi connectivity index (χ1v) is 8.23. The molecule has 2 N–H and O–H groups in total. The first kappa shape index (κ1) is 15.5. The SMILES string of the molecule is O=C(OCc1csc2ccccc12)c1ccccc1NCCO. The second kappa shape index (κ2) is 7.26. The third-order valence-electron chi connectivity index (χ3n) is 3.49. The van der Waals surface area contributed by atoms with Gasteiger partial charge >= 0.3 is 5.97 Å². The number of esters is 1. The van der Waals surface area contributed by atoms with Crippen LogP contribution in [0.25, 0.3) is 10.1 Å². The summed E-state index contributed by atoms with van der Waals surface area (Å²) in [6.45, 7) is 0.640. The molecular weight excluding hydrogens is 310 g/mol. The molecule has 5 heteroatoms. The lowest BCUT2D eigenvalue weighted by atomic mass is 10.1. The maximum absolute atomic E-state index is 12.3. The van der Waals surface area contributed by atoms with Crippen LogP contribution in [0.3, 0.4) is 0 Å². The molecule has 3 aromatic rings. The maximum Gasteiger partial charge on any atom is 0.340 e. The number of carbonyl (C=O) groups excluding carboxylic acids is 1. The zero-order valence-corrected chi connectivity index (χ0v) is 13.3. The van der Waals surface area contributed by atoms with Crippen LogP contribution in [0.4, 0.5) is 5.69 Å². The number of carbonyl (C=O) groups is 1. The van der Waals surface area contributed by atoms with Crippen molar-refractivity contribution in [3.63, 3.8) is 0 Å². The molecule has 3 rings (SSSR count). The van der Waals surface area contributed by atoms with Gasteiger partial charge in [0.05, 0.1) is 12.2 Å². The number of anilines is 1. The molecule has 0 aliphatic carbocycles. The highest BCUT2D eigenvalue weighted by Gasteiger charge is 2.13. The van der Waals surface area contributed by atoms with Crippen molar-refractivity contribution in [3.05, 3.63) is 65.0 Å². The molecule has 23 heavy (non-hydrogen) atoms. The predicted octanol–water partition coefficient (Wildman–Crippen LogP) is 3.66. The second-order valence-corrected chi connectivity index (χ2v) is 5.94. The van der Waals surface area contributed by atoms with Crippen molar-refractivity contribution >= 4 is 33.1 Å². The number of aliphatic hydroxyl groups is 1. The van der Waals surface area contributed by atoms with Gasteiger partial charge in [0.1, 0.15) is 6.61 Å². The fourth-order valence-electron chi connectivity index (χ4n) is 2.37. The minimum absolute atomic E-state index is 0.00424. The molecule has 118 valence electrons. The van der Waals surface area contributed by atoms with Gasteiger partial charge in [0.25, 0.3) is 0 Å². The Kier molecular flexibility index (Phi) is 4.90. The Morgan fingerprint density at radius 3 is 2.78 bits per heavy atom. The molecule has 0 spiro atoms. The minimum Gasteiger partial charge on any atom is -0.457 e. The normalized spacial score (nSPS) is 10.7. The first-order valence-electron chi connectivity index (χ1n) is 7.35. The molecule has 1 heterocycles. The number of hydrogen-bond donors (Lipinski definition) is 2. The summed E-state index contributed by atoms with van der Waals surface area (Å²) in [6, 6.07) is 15.2. The number of nitrogens with one attached hydrogen (secondary N) is 1. The van der Waals surface area contributed by atoms with Gasteiger partial charge in [-0.2, -0.15) is 0 Å². The van der Waals surface area contributed by atoms with Crippen molar-refractivity contribution in [2.75, 3.05) is 18.5 Å². The lowest BCUT2D eigenvalue weighted by Crippen LogP contribution is -2.12. The number of thiophene rings is 1. The molecule has 2 aromatic carbocycles. The van der Waals surface area contributed by atoms with Crippen molar-refractivity contribution < 1.29 is 14.6 Å². The van der Waals surface area contributed by atoms with Crippen LogP contribution < -0.4 is 5.32 Å². The number of para-hydroxylation sites is 1. The lowest BCUT2D eigenvalue weighted by Gasteiger charge is -2.10. The average Bonchev–Trinajstić information content (AvgIpc) is 3.01. The number of aliphatic hydroxyl groups excluding tert-OH is 1. The van der Waals surface area contributed by atoms with Gasteiger partial charge in [-0.05, 0) is 29.0 Å². The summed E-state index contributed by atoms with van der Waals surface area (Å²) in [7, 11) is 0. The molecule has 0 bridgehead atoms. The molecule has 1 aromatic heterocycles. The molecule has 0 radical (unpaired) electrons. The quantitative estimate of drug-likeness (QED) is 0.678. The Morgan fingerprint density at radius 1 is 1.13 bits per heavy atom. The maximum atomic E-state index is 12.3. The Labute approximate surface area is 138 Å². The number of benzene rings is 2. The summed E-state index contributed by atoms with van der Waals surface area (Å²) in [5.41, 5.74) is 2.15. The van der Waals surface area contributed by atoms with Gasteiger partial charge in [-0.15, -0.1) is 11.3 Å². The number of fused-ring (bicyclic) bond motifs is 1. The zero-order chi connectivity index (χ0) is 16.1. The summed E-state index contributed by atoms with van der Waals surface area (Å²) in [5, 5.41) is 15.1. The van der Waals surface area contributed by atoms with Gasteiger partial charge in [0.15, 0.2) is 0 Å². The van der Waals surface area contributed by atoms with E-state index in [1.165, 1.54) is 4.70 Å². The van der Waals surface area contributed by atoms with Crippen molar-refractivity contribution in [2.24, 2.45) is 0 Å². The van der Waals surface area contributed by atoms with E-state index in [-0.39, 0.29) is 19.2 Å². The Balaban J connectivity index is 1.72. The standard InChI is InChI=1S/C18H17NO3S/c20-10-9-19-16-7-3-1-6-15(16)18(21)22-11-13-12-23-17-8-4-2-5-14(13)17/h1-8,12,19-20H,9-11H2. The fraction of sp³-hybridized carbons (Fsp3) is 0.167. The van der Waals surface area contributed by atoms with E-state index < -0.39 is 0 Å². The predicted molar refractivity (Wildman–Crippen MR) is 93.0 cm³/mol. The van der Waals surface area contributed by atoms with E-state index in [4.69, 9.17) is 9.84 Å². The molecule has 0 aliphatic heterocycles. The van der Waals surface area contributed by atoms with E-state index >= 15 is 0 Å². The van der Waals surface area contributed by atoms with Crippen LogP contribution in [-0.2, 0) is 11.3 Å². The van der Waals surface area contributed by atoms with Crippen LogP contribution in [0.15, 0.2) is 53.9 Å². The Morgan fingerprint density at radius 2 is 1.91 bits per heavy atom. The smallest absolute Gasteiger partial charge is 0.340 e. The van der Waals surface area contributed by atoms with E-state index in [1.54, 1.807) is 29.5 Å². The summed E-state index contributed by atoms with van der Waals surface area (Å²) in [4.78, 5) is 12.3. The van der Waals surface area contributed by atoms with Crippen LogP contribution in [-0.4, -0.2) is 24.2 Å².